The van der Waals surface area contributed by atoms with Gasteiger partial charge in [-0.1, -0.05) is 0 Å². The molecular weight excluding hydrogens is 176 g/mol. The molecule has 0 amide bonds. The molecule has 80 valence electrons. The zero-order valence-electron chi connectivity index (χ0n) is 8.82. The maximum atomic E-state index is 10.3. The van der Waals surface area contributed by atoms with Gasteiger partial charge in [-0.3, -0.25) is 4.90 Å². The quantitative estimate of drug-likeness (QED) is 0.620. The van der Waals surface area contributed by atoms with Crippen molar-refractivity contribution < 1.29 is 4.79 Å². The number of hydrogen-bond acceptors (Lipinski definition) is 3. The molecule has 2 rings (SSSR count). The van der Waals surface area contributed by atoms with Gasteiger partial charge in [0.05, 0.1) is 0 Å². The summed E-state index contributed by atoms with van der Waals surface area (Å²) in [4.78, 5) is 15.3. The SMILES string of the molecule is O=CCCN1CCC(N2CCCC2)C1. The summed E-state index contributed by atoms with van der Waals surface area (Å²) in [6, 6.07) is 0.782. The second-order valence-electron chi connectivity index (χ2n) is 4.44. The zero-order valence-corrected chi connectivity index (χ0v) is 8.82. The second kappa shape index (κ2) is 4.89. The number of rotatable bonds is 4. The highest BCUT2D eigenvalue weighted by Crippen LogP contribution is 2.20. The monoisotopic (exact) mass is 196 g/mol. The van der Waals surface area contributed by atoms with E-state index in [1.807, 2.05) is 0 Å². The standard InChI is InChI=1S/C11H20N2O/c14-9-3-5-12-8-4-11(10-12)13-6-1-2-7-13/h9,11H,1-8,10H2. The molecule has 2 aliphatic heterocycles. The lowest BCUT2D eigenvalue weighted by Crippen LogP contribution is -2.35. The Hall–Kier alpha value is -0.410. The minimum Gasteiger partial charge on any atom is -0.303 e. The van der Waals surface area contributed by atoms with Crippen molar-refractivity contribution in [1.29, 1.82) is 0 Å². The summed E-state index contributed by atoms with van der Waals surface area (Å²) in [5.41, 5.74) is 0. The molecule has 0 bridgehead atoms. The van der Waals surface area contributed by atoms with Gasteiger partial charge >= 0.3 is 0 Å². The molecule has 2 fully saturated rings. The first-order valence-electron chi connectivity index (χ1n) is 5.80. The normalized spacial score (nSPS) is 29.9. The maximum absolute atomic E-state index is 10.3. The van der Waals surface area contributed by atoms with Crippen LogP contribution in [-0.4, -0.2) is 54.9 Å². The summed E-state index contributed by atoms with van der Waals surface area (Å²) in [5.74, 6) is 0. The van der Waals surface area contributed by atoms with E-state index >= 15 is 0 Å². The van der Waals surface area contributed by atoms with Crippen LogP contribution in [0.2, 0.25) is 0 Å². The van der Waals surface area contributed by atoms with E-state index in [2.05, 4.69) is 9.80 Å². The van der Waals surface area contributed by atoms with Crippen LogP contribution in [0.1, 0.15) is 25.7 Å². The van der Waals surface area contributed by atoms with Crippen molar-refractivity contribution in [3.63, 3.8) is 0 Å². The molecule has 3 heteroatoms. The lowest BCUT2D eigenvalue weighted by Gasteiger charge is -2.23. The van der Waals surface area contributed by atoms with Gasteiger partial charge in [0.2, 0.25) is 0 Å². The maximum Gasteiger partial charge on any atom is 0.121 e. The van der Waals surface area contributed by atoms with Gasteiger partial charge < -0.3 is 9.69 Å². The Morgan fingerprint density at radius 3 is 2.71 bits per heavy atom. The molecule has 0 aromatic rings. The molecular formula is C11H20N2O. The number of hydrogen-bond donors (Lipinski definition) is 0. The molecule has 2 aliphatic rings. The number of carbonyl (C=O) groups excluding carboxylic acids is 1. The van der Waals surface area contributed by atoms with Gasteiger partial charge in [-0.25, -0.2) is 0 Å². The Balaban J connectivity index is 1.73. The van der Waals surface area contributed by atoms with Gasteiger partial charge in [0.25, 0.3) is 0 Å². The van der Waals surface area contributed by atoms with Crippen molar-refractivity contribution in [3.05, 3.63) is 0 Å². The molecule has 0 aromatic carbocycles. The van der Waals surface area contributed by atoms with Crippen molar-refractivity contribution >= 4 is 6.29 Å². The van der Waals surface area contributed by atoms with E-state index in [0.717, 1.165) is 18.9 Å². The predicted octanol–water partition coefficient (Wildman–Crippen LogP) is 0.745. The van der Waals surface area contributed by atoms with Crippen molar-refractivity contribution in [2.75, 3.05) is 32.7 Å². The summed E-state index contributed by atoms with van der Waals surface area (Å²) in [5, 5.41) is 0. The predicted molar refractivity (Wildman–Crippen MR) is 56.3 cm³/mol. The molecule has 0 saturated carbocycles. The second-order valence-corrected chi connectivity index (χ2v) is 4.44. The van der Waals surface area contributed by atoms with Gasteiger partial charge in [0.15, 0.2) is 0 Å². The first-order valence-corrected chi connectivity index (χ1v) is 5.80. The topological polar surface area (TPSA) is 23.6 Å². The third-order valence-electron chi connectivity index (χ3n) is 3.47. The summed E-state index contributed by atoms with van der Waals surface area (Å²) in [7, 11) is 0. The van der Waals surface area contributed by atoms with E-state index in [1.165, 1.54) is 45.4 Å². The number of nitrogens with zero attached hydrogens (tertiary/aromatic N) is 2. The Bertz CT molecular complexity index is 190. The molecule has 0 spiro atoms. The van der Waals surface area contributed by atoms with Crippen LogP contribution < -0.4 is 0 Å². The molecule has 2 saturated heterocycles. The largest absolute Gasteiger partial charge is 0.303 e. The highest BCUT2D eigenvalue weighted by Gasteiger charge is 2.28. The summed E-state index contributed by atoms with van der Waals surface area (Å²) in [6.45, 7) is 5.94. The van der Waals surface area contributed by atoms with Crippen LogP contribution in [0.25, 0.3) is 0 Å². The van der Waals surface area contributed by atoms with Crippen molar-refractivity contribution in [1.82, 2.24) is 9.80 Å². The average Bonchev–Trinajstić information content (AvgIpc) is 2.85. The highest BCUT2D eigenvalue weighted by molar-refractivity contribution is 5.49. The van der Waals surface area contributed by atoms with Crippen LogP contribution in [0.4, 0.5) is 0 Å². The fourth-order valence-electron chi connectivity index (χ4n) is 2.66. The van der Waals surface area contributed by atoms with Gasteiger partial charge in [-0.15, -0.1) is 0 Å². The molecule has 0 radical (unpaired) electrons. The molecule has 2 heterocycles. The average molecular weight is 196 g/mol. The first-order chi connectivity index (χ1) is 6.90. The Morgan fingerprint density at radius 1 is 1.21 bits per heavy atom. The third-order valence-corrected chi connectivity index (χ3v) is 3.47. The lowest BCUT2D eigenvalue weighted by atomic mass is 10.2. The van der Waals surface area contributed by atoms with E-state index in [9.17, 15) is 4.79 Å². The minimum atomic E-state index is 0.701. The van der Waals surface area contributed by atoms with Gasteiger partial charge in [0, 0.05) is 25.6 Å². The van der Waals surface area contributed by atoms with Crippen molar-refractivity contribution in [2.45, 2.75) is 31.7 Å². The Morgan fingerprint density at radius 2 is 2.00 bits per heavy atom. The van der Waals surface area contributed by atoms with Crippen LogP contribution >= 0.6 is 0 Å². The van der Waals surface area contributed by atoms with Crippen LogP contribution in [0.3, 0.4) is 0 Å². The van der Waals surface area contributed by atoms with Gasteiger partial charge in [-0.2, -0.15) is 0 Å². The van der Waals surface area contributed by atoms with Crippen LogP contribution in [-0.2, 0) is 4.79 Å². The van der Waals surface area contributed by atoms with Crippen molar-refractivity contribution in [2.24, 2.45) is 0 Å². The summed E-state index contributed by atoms with van der Waals surface area (Å²) >= 11 is 0. The molecule has 1 unspecified atom stereocenters. The van der Waals surface area contributed by atoms with Gasteiger partial charge in [0.1, 0.15) is 6.29 Å². The Kier molecular flexibility index (Phi) is 3.54. The third kappa shape index (κ3) is 2.34. The molecule has 14 heavy (non-hydrogen) atoms. The zero-order chi connectivity index (χ0) is 9.80. The smallest absolute Gasteiger partial charge is 0.121 e. The number of likely N-dealkylation sites (tertiary alicyclic amines) is 2. The van der Waals surface area contributed by atoms with Crippen LogP contribution in [0, 0.1) is 0 Å². The molecule has 0 aromatic heterocycles. The summed E-state index contributed by atoms with van der Waals surface area (Å²) < 4.78 is 0. The highest BCUT2D eigenvalue weighted by atomic mass is 16.1. The molecule has 3 nitrogen and oxygen atoms in total. The Labute approximate surface area is 86.1 Å². The van der Waals surface area contributed by atoms with E-state index in [4.69, 9.17) is 0 Å². The van der Waals surface area contributed by atoms with E-state index in [0.29, 0.717) is 6.42 Å². The van der Waals surface area contributed by atoms with Crippen LogP contribution in [0.5, 0.6) is 0 Å². The molecule has 1 atom stereocenters. The fourth-order valence-corrected chi connectivity index (χ4v) is 2.66. The van der Waals surface area contributed by atoms with Crippen LogP contribution in [0.15, 0.2) is 0 Å². The summed E-state index contributed by atoms with van der Waals surface area (Å²) in [6.07, 6.45) is 5.80. The molecule has 0 aliphatic carbocycles. The van der Waals surface area contributed by atoms with E-state index in [1.54, 1.807) is 0 Å². The fraction of sp³-hybridized carbons (Fsp3) is 0.909. The lowest BCUT2D eigenvalue weighted by molar-refractivity contribution is -0.108. The molecule has 0 N–H and O–H groups in total. The first kappa shape index (κ1) is 10.1. The van der Waals surface area contributed by atoms with Gasteiger partial charge in [-0.05, 0) is 38.9 Å². The van der Waals surface area contributed by atoms with E-state index < -0.39 is 0 Å². The number of aldehydes is 1. The minimum absolute atomic E-state index is 0.701. The van der Waals surface area contributed by atoms with E-state index in [-0.39, 0.29) is 0 Å². The number of carbonyl (C=O) groups is 1. The van der Waals surface area contributed by atoms with Crippen molar-refractivity contribution in [3.8, 4) is 0 Å².